The van der Waals surface area contributed by atoms with Crippen LogP contribution in [-0.4, -0.2) is 10.4 Å². The third kappa shape index (κ3) is 2.31. The summed E-state index contributed by atoms with van der Waals surface area (Å²) in [4.78, 5) is 24.2. The number of nitrogens with zero attached hydrogens (tertiary/aromatic N) is 1. The average Bonchev–Trinajstić information content (AvgIpc) is 2.82. The highest BCUT2D eigenvalue weighted by atomic mass is 35.5. The number of carbonyl (C=O) groups is 1. The number of hydrogen-bond acceptors (Lipinski definition) is 3. The van der Waals surface area contributed by atoms with Crippen molar-refractivity contribution in [1.82, 2.24) is 4.57 Å². The molecule has 0 spiro atoms. The zero-order valence-corrected chi connectivity index (χ0v) is 13.6. The van der Waals surface area contributed by atoms with Crippen molar-refractivity contribution >= 4 is 17.4 Å². The van der Waals surface area contributed by atoms with E-state index in [1.54, 1.807) is 35.8 Å². The molecule has 116 valence electrons. The SMILES string of the molecule is CC(=O)[C@H]1C[C@@H](C)c2c(oc(=O)n2-c2ccc(Cl)cc2)[C@@H]1C. The Bertz CT molecular complexity index is 772. The molecule has 1 aliphatic rings. The topological polar surface area (TPSA) is 52.2 Å². The van der Waals surface area contributed by atoms with E-state index in [0.29, 0.717) is 10.8 Å². The van der Waals surface area contributed by atoms with E-state index in [1.807, 2.05) is 13.8 Å². The maximum Gasteiger partial charge on any atom is 0.424 e. The summed E-state index contributed by atoms with van der Waals surface area (Å²) < 4.78 is 7.11. The van der Waals surface area contributed by atoms with Gasteiger partial charge in [0, 0.05) is 22.8 Å². The Morgan fingerprint density at radius 1 is 1.27 bits per heavy atom. The number of fused-ring (bicyclic) bond motifs is 1. The van der Waals surface area contributed by atoms with Crippen molar-refractivity contribution in [2.45, 2.75) is 39.0 Å². The molecule has 1 heterocycles. The van der Waals surface area contributed by atoms with Crippen LogP contribution in [0, 0.1) is 5.92 Å². The second kappa shape index (κ2) is 5.43. The standard InChI is InChI=1S/C17H18ClNO3/c1-9-8-14(11(3)20)10(2)16-15(9)19(17(21)22-16)13-6-4-12(18)5-7-13/h4-7,9-10,14H,8H2,1-3H3/t9-,10-,14+/m1/s1. The lowest BCUT2D eigenvalue weighted by atomic mass is 9.75. The molecule has 5 heteroatoms. The molecule has 0 radical (unpaired) electrons. The third-order valence-electron chi connectivity index (χ3n) is 4.57. The number of aromatic nitrogens is 1. The van der Waals surface area contributed by atoms with Crippen LogP contribution in [0.4, 0.5) is 0 Å². The summed E-state index contributed by atoms with van der Waals surface area (Å²) in [6, 6.07) is 7.10. The summed E-state index contributed by atoms with van der Waals surface area (Å²) in [5.41, 5.74) is 1.61. The fraction of sp³-hybridized carbons (Fsp3) is 0.412. The smallest absolute Gasteiger partial charge is 0.412 e. The van der Waals surface area contributed by atoms with Gasteiger partial charge in [-0.2, -0.15) is 0 Å². The van der Waals surface area contributed by atoms with Gasteiger partial charge in [0.25, 0.3) is 0 Å². The van der Waals surface area contributed by atoms with Crippen LogP contribution in [0.2, 0.25) is 5.02 Å². The van der Waals surface area contributed by atoms with Crippen molar-refractivity contribution in [3.63, 3.8) is 0 Å². The zero-order valence-electron chi connectivity index (χ0n) is 12.8. The minimum atomic E-state index is -0.407. The molecular formula is C17H18ClNO3. The van der Waals surface area contributed by atoms with Crippen LogP contribution < -0.4 is 5.76 Å². The predicted molar refractivity (Wildman–Crippen MR) is 84.9 cm³/mol. The quantitative estimate of drug-likeness (QED) is 0.843. The number of hydrogen-bond donors (Lipinski definition) is 0. The summed E-state index contributed by atoms with van der Waals surface area (Å²) in [6.45, 7) is 5.58. The minimum Gasteiger partial charge on any atom is -0.412 e. The van der Waals surface area contributed by atoms with Gasteiger partial charge in [0.05, 0.1) is 11.4 Å². The van der Waals surface area contributed by atoms with Gasteiger partial charge in [0.15, 0.2) is 0 Å². The highest BCUT2D eigenvalue weighted by Gasteiger charge is 2.38. The summed E-state index contributed by atoms with van der Waals surface area (Å²) in [5, 5.41) is 0.618. The Balaban J connectivity index is 2.17. The molecule has 0 unspecified atom stereocenters. The van der Waals surface area contributed by atoms with E-state index in [0.717, 1.165) is 17.8 Å². The van der Waals surface area contributed by atoms with E-state index in [2.05, 4.69) is 0 Å². The van der Waals surface area contributed by atoms with Crippen molar-refractivity contribution < 1.29 is 9.21 Å². The van der Waals surface area contributed by atoms with Gasteiger partial charge in [-0.1, -0.05) is 25.4 Å². The molecule has 4 nitrogen and oxygen atoms in total. The first-order valence-corrected chi connectivity index (χ1v) is 7.80. The highest BCUT2D eigenvalue weighted by molar-refractivity contribution is 6.30. The fourth-order valence-corrected chi connectivity index (χ4v) is 3.55. The van der Waals surface area contributed by atoms with E-state index in [9.17, 15) is 9.59 Å². The van der Waals surface area contributed by atoms with Gasteiger partial charge in [-0.15, -0.1) is 0 Å². The summed E-state index contributed by atoms with van der Waals surface area (Å²) in [6.07, 6.45) is 0.732. The summed E-state index contributed by atoms with van der Waals surface area (Å²) in [5.74, 6) is 0.292. The second-order valence-corrected chi connectivity index (χ2v) is 6.51. The Morgan fingerprint density at radius 2 is 1.91 bits per heavy atom. The number of halogens is 1. The summed E-state index contributed by atoms with van der Waals surface area (Å²) >= 11 is 5.91. The van der Waals surface area contributed by atoms with Crippen molar-refractivity contribution in [2.24, 2.45) is 5.92 Å². The van der Waals surface area contributed by atoms with Crippen molar-refractivity contribution in [3.8, 4) is 5.69 Å². The van der Waals surface area contributed by atoms with E-state index < -0.39 is 5.76 Å². The van der Waals surface area contributed by atoms with Gasteiger partial charge in [-0.3, -0.25) is 4.79 Å². The van der Waals surface area contributed by atoms with Gasteiger partial charge in [0.1, 0.15) is 11.5 Å². The van der Waals surface area contributed by atoms with Crippen LogP contribution in [0.5, 0.6) is 0 Å². The largest absolute Gasteiger partial charge is 0.424 e. The van der Waals surface area contributed by atoms with Crippen LogP contribution in [0.15, 0.2) is 33.5 Å². The highest BCUT2D eigenvalue weighted by Crippen LogP contribution is 2.43. The van der Waals surface area contributed by atoms with Crippen LogP contribution in [0.1, 0.15) is 50.5 Å². The first-order chi connectivity index (χ1) is 10.4. The minimum absolute atomic E-state index is 0.0787. The Hall–Kier alpha value is -1.81. The summed E-state index contributed by atoms with van der Waals surface area (Å²) in [7, 11) is 0. The molecule has 0 bridgehead atoms. The Kier molecular flexibility index (Phi) is 3.73. The van der Waals surface area contributed by atoms with Crippen molar-refractivity contribution in [3.05, 3.63) is 51.3 Å². The molecule has 1 aromatic heterocycles. The molecule has 0 fully saturated rings. The molecule has 0 N–H and O–H groups in total. The van der Waals surface area contributed by atoms with Gasteiger partial charge in [-0.05, 0) is 37.6 Å². The van der Waals surface area contributed by atoms with E-state index >= 15 is 0 Å². The molecular weight excluding hydrogens is 302 g/mol. The predicted octanol–water partition coefficient (Wildman–Crippen LogP) is 3.90. The normalized spacial score (nSPS) is 24.1. The molecule has 2 aromatic rings. The average molecular weight is 320 g/mol. The number of Topliss-reactive ketones (excluding diaryl/α,β-unsaturated/α-hetero) is 1. The molecule has 0 saturated heterocycles. The Labute approximate surface area is 133 Å². The van der Waals surface area contributed by atoms with Crippen LogP contribution in [0.3, 0.4) is 0 Å². The van der Waals surface area contributed by atoms with Crippen LogP contribution in [0.25, 0.3) is 5.69 Å². The number of ketones is 1. The molecule has 0 aliphatic heterocycles. The van der Waals surface area contributed by atoms with Gasteiger partial charge >= 0.3 is 5.76 Å². The lowest BCUT2D eigenvalue weighted by Gasteiger charge is -2.30. The molecule has 1 aromatic carbocycles. The third-order valence-corrected chi connectivity index (χ3v) is 4.82. The lowest BCUT2D eigenvalue weighted by Crippen LogP contribution is -2.27. The Morgan fingerprint density at radius 3 is 2.50 bits per heavy atom. The first kappa shape index (κ1) is 15.1. The van der Waals surface area contributed by atoms with Crippen molar-refractivity contribution in [1.29, 1.82) is 0 Å². The van der Waals surface area contributed by atoms with Gasteiger partial charge in [-0.25, -0.2) is 9.36 Å². The maximum atomic E-state index is 12.3. The van der Waals surface area contributed by atoms with Crippen molar-refractivity contribution in [2.75, 3.05) is 0 Å². The lowest BCUT2D eigenvalue weighted by molar-refractivity contribution is -0.122. The molecule has 22 heavy (non-hydrogen) atoms. The molecule has 0 saturated carbocycles. The number of carbonyl (C=O) groups excluding carboxylic acids is 1. The molecule has 3 rings (SSSR count). The van der Waals surface area contributed by atoms with E-state index in [4.69, 9.17) is 16.0 Å². The van der Waals surface area contributed by atoms with Gasteiger partial charge < -0.3 is 4.42 Å². The van der Waals surface area contributed by atoms with E-state index in [1.165, 1.54) is 0 Å². The molecule has 1 aliphatic carbocycles. The maximum absolute atomic E-state index is 12.3. The number of oxazole rings is 1. The fourth-order valence-electron chi connectivity index (χ4n) is 3.42. The monoisotopic (exact) mass is 319 g/mol. The zero-order chi connectivity index (χ0) is 16.0. The number of rotatable bonds is 2. The molecule has 3 atom stereocenters. The first-order valence-electron chi connectivity index (χ1n) is 7.42. The van der Waals surface area contributed by atoms with Gasteiger partial charge in [0.2, 0.25) is 0 Å². The van der Waals surface area contributed by atoms with E-state index in [-0.39, 0.29) is 23.5 Å². The molecule has 0 amide bonds. The van der Waals surface area contributed by atoms with Crippen LogP contribution >= 0.6 is 11.6 Å². The second-order valence-electron chi connectivity index (χ2n) is 6.07. The van der Waals surface area contributed by atoms with Crippen LogP contribution in [-0.2, 0) is 4.79 Å². The number of benzene rings is 1.